The largest absolute Gasteiger partial charge is 0.434 e. The fraction of sp³-hybridized carbons (Fsp3) is 0.125. The van der Waals surface area contributed by atoms with Crippen LogP contribution in [0.4, 0.5) is 13.2 Å². The lowest BCUT2D eigenvalue weighted by Crippen LogP contribution is -2.04. The molecular weight excluding hydrogens is 308 g/mol. The van der Waals surface area contributed by atoms with Crippen molar-refractivity contribution in [3.63, 3.8) is 0 Å². The number of rotatable bonds is 0. The SMILES string of the molecule is FC(F)(F)c1cn2cc(I)ccc2n1. The van der Waals surface area contributed by atoms with Crippen LogP contribution in [-0.2, 0) is 6.18 Å². The Morgan fingerprint density at radius 3 is 2.57 bits per heavy atom. The van der Waals surface area contributed by atoms with Gasteiger partial charge in [-0.05, 0) is 34.7 Å². The van der Waals surface area contributed by atoms with Crippen molar-refractivity contribution in [1.29, 1.82) is 0 Å². The standard InChI is InChI=1S/C8H4F3IN2/c9-8(10,11)6-4-14-3-5(12)1-2-7(14)13-6/h1-4H. The molecule has 14 heavy (non-hydrogen) atoms. The van der Waals surface area contributed by atoms with Crippen molar-refractivity contribution in [1.82, 2.24) is 9.38 Å². The second-order valence-corrected chi connectivity index (χ2v) is 3.98. The number of hydrogen-bond donors (Lipinski definition) is 0. The van der Waals surface area contributed by atoms with E-state index in [0.29, 0.717) is 5.65 Å². The third kappa shape index (κ3) is 1.70. The number of pyridine rings is 1. The summed E-state index contributed by atoms with van der Waals surface area (Å²) in [5.74, 6) is 0. The molecule has 0 atom stereocenters. The number of alkyl halides is 3. The Hall–Kier alpha value is -0.790. The fourth-order valence-electron chi connectivity index (χ4n) is 1.10. The van der Waals surface area contributed by atoms with Gasteiger partial charge in [-0.1, -0.05) is 0 Å². The Labute approximate surface area is 90.9 Å². The van der Waals surface area contributed by atoms with Crippen LogP contribution in [0.25, 0.3) is 5.65 Å². The van der Waals surface area contributed by atoms with Gasteiger partial charge in [0.1, 0.15) is 5.65 Å². The predicted molar refractivity (Wildman–Crippen MR) is 52.9 cm³/mol. The molecule has 0 aliphatic heterocycles. The highest BCUT2D eigenvalue weighted by Crippen LogP contribution is 2.28. The van der Waals surface area contributed by atoms with Crippen LogP contribution in [0.1, 0.15) is 5.69 Å². The number of aromatic nitrogens is 2. The molecule has 2 aromatic heterocycles. The van der Waals surface area contributed by atoms with Crippen LogP contribution in [0, 0.1) is 3.57 Å². The van der Waals surface area contributed by atoms with Crippen molar-refractivity contribution in [2.75, 3.05) is 0 Å². The van der Waals surface area contributed by atoms with Gasteiger partial charge in [-0.15, -0.1) is 0 Å². The molecule has 0 saturated heterocycles. The molecule has 0 radical (unpaired) electrons. The van der Waals surface area contributed by atoms with E-state index in [1.807, 2.05) is 22.6 Å². The maximum atomic E-state index is 12.2. The summed E-state index contributed by atoms with van der Waals surface area (Å²) in [5.41, 5.74) is -0.558. The summed E-state index contributed by atoms with van der Waals surface area (Å²) in [5, 5.41) is 0. The monoisotopic (exact) mass is 312 g/mol. The number of imidazole rings is 1. The average molecular weight is 312 g/mol. The summed E-state index contributed by atoms with van der Waals surface area (Å²) >= 11 is 2.03. The highest BCUT2D eigenvalue weighted by Gasteiger charge is 2.33. The minimum absolute atomic E-state index is 0.303. The zero-order valence-corrected chi connectivity index (χ0v) is 8.87. The Bertz CT molecular complexity index is 475. The summed E-state index contributed by atoms with van der Waals surface area (Å²) in [7, 11) is 0. The summed E-state index contributed by atoms with van der Waals surface area (Å²) in [6.45, 7) is 0. The first kappa shape index (κ1) is 9.75. The predicted octanol–water partition coefficient (Wildman–Crippen LogP) is 2.96. The molecule has 0 spiro atoms. The van der Waals surface area contributed by atoms with Gasteiger partial charge in [-0.3, -0.25) is 0 Å². The van der Waals surface area contributed by atoms with E-state index < -0.39 is 11.9 Å². The molecule has 6 heteroatoms. The summed E-state index contributed by atoms with van der Waals surface area (Å²) < 4.78 is 39.0. The van der Waals surface area contributed by atoms with Gasteiger partial charge in [-0.2, -0.15) is 13.2 Å². The van der Waals surface area contributed by atoms with Crippen molar-refractivity contribution in [2.24, 2.45) is 0 Å². The van der Waals surface area contributed by atoms with Crippen LogP contribution in [0.2, 0.25) is 0 Å². The molecule has 0 saturated carbocycles. The van der Waals surface area contributed by atoms with Gasteiger partial charge in [0.05, 0.1) is 0 Å². The molecule has 0 bridgehead atoms. The highest BCUT2D eigenvalue weighted by atomic mass is 127. The smallest absolute Gasteiger partial charge is 0.305 e. The van der Waals surface area contributed by atoms with Crippen molar-refractivity contribution in [2.45, 2.75) is 6.18 Å². The Morgan fingerprint density at radius 2 is 1.93 bits per heavy atom. The fourth-order valence-corrected chi connectivity index (χ4v) is 1.58. The van der Waals surface area contributed by atoms with E-state index in [0.717, 1.165) is 9.77 Å². The average Bonchev–Trinajstić information content (AvgIpc) is 2.45. The number of halogens is 4. The summed E-state index contributed by atoms with van der Waals surface area (Å²) in [4.78, 5) is 3.46. The van der Waals surface area contributed by atoms with Gasteiger partial charge in [0.2, 0.25) is 0 Å². The van der Waals surface area contributed by atoms with Gasteiger partial charge in [0.25, 0.3) is 0 Å². The van der Waals surface area contributed by atoms with Crippen molar-refractivity contribution >= 4 is 28.2 Å². The highest BCUT2D eigenvalue weighted by molar-refractivity contribution is 14.1. The molecule has 2 nitrogen and oxygen atoms in total. The molecule has 0 aliphatic carbocycles. The molecule has 0 amide bonds. The van der Waals surface area contributed by atoms with Crippen LogP contribution in [0.5, 0.6) is 0 Å². The van der Waals surface area contributed by atoms with Crippen LogP contribution in [0.15, 0.2) is 24.5 Å². The Balaban J connectivity index is 2.63. The van der Waals surface area contributed by atoms with Gasteiger partial charge < -0.3 is 4.40 Å². The molecule has 0 N–H and O–H groups in total. The van der Waals surface area contributed by atoms with Crippen LogP contribution < -0.4 is 0 Å². The Morgan fingerprint density at radius 1 is 1.21 bits per heavy atom. The van der Waals surface area contributed by atoms with Gasteiger partial charge in [0, 0.05) is 16.0 Å². The van der Waals surface area contributed by atoms with E-state index in [1.165, 1.54) is 4.40 Å². The quantitative estimate of drug-likeness (QED) is 0.684. The van der Waals surface area contributed by atoms with Crippen molar-refractivity contribution in [3.8, 4) is 0 Å². The molecule has 2 heterocycles. The third-order valence-corrected chi connectivity index (χ3v) is 2.34. The zero-order valence-electron chi connectivity index (χ0n) is 6.72. The first-order valence-electron chi connectivity index (χ1n) is 3.68. The first-order chi connectivity index (χ1) is 6.47. The number of fused-ring (bicyclic) bond motifs is 1. The normalized spacial score (nSPS) is 12.3. The van der Waals surface area contributed by atoms with Crippen LogP contribution >= 0.6 is 22.6 Å². The molecular formula is C8H4F3IN2. The lowest BCUT2D eigenvalue weighted by molar-refractivity contribution is -0.140. The molecule has 2 aromatic rings. The molecule has 0 unspecified atom stereocenters. The Kier molecular flexibility index (Phi) is 2.17. The maximum absolute atomic E-state index is 12.2. The van der Waals surface area contributed by atoms with E-state index in [-0.39, 0.29) is 0 Å². The second kappa shape index (κ2) is 3.11. The van der Waals surface area contributed by atoms with Gasteiger partial charge in [0.15, 0.2) is 5.69 Å². The summed E-state index contributed by atoms with van der Waals surface area (Å²) in [6, 6.07) is 3.26. The minimum atomic E-state index is -4.38. The van der Waals surface area contributed by atoms with E-state index in [2.05, 4.69) is 4.98 Å². The van der Waals surface area contributed by atoms with Crippen molar-refractivity contribution < 1.29 is 13.2 Å². The second-order valence-electron chi connectivity index (χ2n) is 2.74. The van der Waals surface area contributed by atoms with E-state index in [9.17, 15) is 13.2 Å². The van der Waals surface area contributed by atoms with Crippen LogP contribution in [0.3, 0.4) is 0 Å². The molecule has 0 fully saturated rings. The van der Waals surface area contributed by atoms with E-state index in [4.69, 9.17) is 0 Å². The molecule has 0 aliphatic rings. The maximum Gasteiger partial charge on any atom is 0.434 e. The molecule has 74 valence electrons. The van der Waals surface area contributed by atoms with E-state index >= 15 is 0 Å². The number of hydrogen-bond acceptors (Lipinski definition) is 1. The minimum Gasteiger partial charge on any atom is -0.305 e. The van der Waals surface area contributed by atoms with Gasteiger partial charge in [-0.25, -0.2) is 4.98 Å². The number of nitrogens with zero attached hydrogens (tertiary/aromatic N) is 2. The third-order valence-electron chi connectivity index (χ3n) is 1.71. The summed E-state index contributed by atoms with van der Waals surface area (Å²) in [6.07, 6.45) is -1.80. The van der Waals surface area contributed by atoms with Crippen LogP contribution in [-0.4, -0.2) is 9.38 Å². The van der Waals surface area contributed by atoms with E-state index in [1.54, 1.807) is 18.3 Å². The first-order valence-corrected chi connectivity index (χ1v) is 4.76. The lowest BCUT2D eigenvalue weighted by Gasteiger charge is -1.98. The lowest BCUT2D eigenvalue weighted by atomic mass is 10.5. The topological polar surface area (TPSA) is 17.3 Å². The van der Waals surface area contributed by atoms with Gasteiger partial charge >= 0.3 is 6.18 Å². The zero-order chi connectivity index (χ0) is 10.3. The molecule has 2 rings (SSSR count). The molecule has 0 aromatic carbocycles. The van der Waals surface area contributed by atoms with Crippen molar-refractivity contribution in [3.05, 3.63) is 33.8 Å².